The van der Waals surface area contributed by atoms with Crippen LogP contribution in [0, 0.1) is 0 Å². The van der Waals surface area contributed by atoms with Gasteiger partial charge in [-0.25, -0.2) is 4.79 Å². The van der Waals surface area contributed by atoms with Crippen molar-refractivity contribution < 1.29 is 82.4 Å². The predicted molar refractivity (Wildman–Crippen MR) is 390 cm³/mol. The van der Waals surface area contributed by atoms with Crippen LogP contribution in [0.2, 0.25) is 0 Å². The van der Waals surface area contributed by atoms with E-state index >= 15 is 0 Å². The van der Waals surface area contributed by atoms with Crippen LogP contribution >= 0.6 is 28.1 Å². The van der Waals surface area contributed by atoms with E-state index in [1.807, 2.05) is 21.1 Å². The molecule has 0 aromatic heterocycles. The van der Waals surface area contributed by atoms with E-state index in [4.69, 9.17) is 22.4 Å². The minimum absolute atomic E-state index is 0.0142. The summed E-state index contributed by atoms with van der Waals surface area (Å²) in [4.78, 5) is 149. The van der Waals surface area contributed by atoms with Crippen molar-refractivity contribution in [1.82, 2.24) is 42.5 Å². The third kappa shape index (κ3) is 24.2. The zero-order chi connectivity index (χ0) is 75.1. The maximum atomic E-state index is 14.7. The van der Waals surface area contributed by atoms with Gasteiger partial charge in [0, 0.05) is 70.2 Å². The average Bonchev–Trinajstić information content (AvgIpc) is 0.749. The van der Waals surface area contributed by atoms with Crippen LogP contribution in [0.5, 0.6) is 11.5 Å². The first-order valence-corrected chi connectivity index (χ1v) is 34.4. The molecule has 0 spiro atoms. The number of hydrogen-bond acceptors (Lipinski definition) is 16. The maximum absolute atomic E-state index is 14.7. The number of nitrogens with one attached hydrogen (secondary N) is 9. The number of carboxylic acid groups (broad SMARTS) is 2. The summed E-state index contributed by atoms with van der Waals surface area (Å²) in [6, 6.07) is 24.0. The zero-order valence-electron chi connectivity index (χ0n) is 57.1. The molecular weight excluding hydrogens is 1410 g/mol. The second-order valence-corrected chi connectivity index (χ2v) is 27.0. The van der Waals surface area contributed by atoms with Crippen LogP contribution in [0.15, 0.2) is 147 Å². The van der Waals surface area contributed by atoms with Gasteiger partial charge in [-0.2, -0.15) is 0 Å². The minimum atomic E-state index is -1.82. The van der Waals surface area contributed by atoms with Gasteiger partial charge in [0.05, 0.1) is 39.9 Å². The quantitative estimate of drug-likeness (QED) is 0.0108. The summed E-state index contributed by atoms with van der Waals surface area (Å²) in [5.41, 5.74) is 8.38. The second kappa shape index (κ2) is 37.7. The highest BCUT2D eigenvalue weighted by Gasteiger charge is 2.35. The van der Waals surface area contributed by atoms with Crippen molar-refractivity contribution in [3.05, 3.63) is 170 Å². The number of fused-ring (bicyclic) bond motifs is 2. The first-order chi connectivity index (χ1) is 49.0. The molecule has 7 atom stereocenters. The number of aromatic carboxylic acids is 1. The fraction of sp³-hybridized carbons (Fsp3) is 0.342. The predicted octanol–water partition coefficient (Wildman–Crippen LogP) is 4.72. The molecule has 0 saturated heterocycles. The Bertz CT molecular complexity index is 4230. The van der Waals surface area contributed by atoms with E-state index in [0.29, 0.717) is 63.6 Å². The van der Waals surface area contributed by atoms with E-state index in [1.54, 1.807) is 79.7 Å². The Labute approximate surface area is 607 Å². The minimum Gasteiger partial charge on any atom is -0.508 e. The molecule has 5 aromatic rings. The Morgan fingerprint density at radius 2 is 1.12 bits per heavy atom. The summed E-state index contributed by atoms with van der Waals surface area (Å²) in [6.45, 7) is 1.40. The Balaban J connectivity index is 0.989. The third-order valence-electron chi connectivity index (χ3n) is 16.7. The van der Waals surface area contributed by atoms with Crippen molar-refractivity contribution in [3.8, 4) is 33.9 Å². The number of aliphatic hydroxyl groups excluding tert-OH is 1. The molecule has 0 unspecified atom stereocenters. The first kappa shape index (κ1) is 79.5. The monoisotopic (exact) mass is 1500 g/mol. The van der Waals surface area contributed by atoms with Crippen molar-refractivity contribution in [3.63, 3.8) is 0 Å². The zero-order valence-corrected chi connectivity index (χ0v) is 59.5. The number of aliphatic hydroxyl groups is 1. The number of nitrogens with two attached hydrogens (primary N) is 1. The number of hydrogen-bond donors (Lipinski definition) is 15. The van der Waals surface area contributed by atoms with Crippen molar-refractivity contribution >= 4 is 109 Å². The second-order valence-electron chi connectivity index (χ2n) is 25.7. The van der Waals surface area contributed by atoms with Crippen molar-refractivity contribution in [2.45, 2.75) is 120 Å². The lowest BCUT2D eigenvalue weighted by molar-refractivity contribution is -0.870. The van der Waals surface area contributed by atoms with Crippen LogP contribution in [0.3, 0.4) is 0 Å². The number of aromatic hydroxyl groups is 2. The van der Waals surface area contributed by atoms with Crippen LogP contribution in [0.4, 0.5) is 5.69 Å². The normalized spacial score (nSPS) is 13.3. The Kier molecular flexibility index (Phi) is 29.1. The number of phenolic OH excluding ortho intramolecular Hbond substituents is 2. The van der Waals surface area contributed by atoms with Gasteiger partial charge in [-0.3, -0.25) is 47.9 Å². The third-order valence-corrected chi connectivity index (χ3v) is 17.5. The summed E-state index contributed by atoms with van der Waals surface area (Å²) >= 11 is 8.86. The molecule has 30 heteroatoms. The van der Waals surface area contributed by atoms with Crippen LogP contribution in [-0.2, 0) is 51.2 Å². The van der Waals surface area contributed by atoms with Gasteiger partial charge in [0.1, 0.15) is 65.1 Å². The first-order valence-electron chi connectivity index (χ1n) is 33.2. The topological polar surface area (TPSA) is 436 Å². The number of rotatable bonds is 37. The molecule has 0 fully saturated rings. The van der Waals surface area contributed by atoms with Crippen LogP contribution < -0.4 is 59.0 Å². The van der Waals surface area contributed by atoms with Crippen LogP contribution in [0.1, 0.15) is 96.6 Å². The number of amides is 8. The molecule has 1 heterocycles. The van der Waals surface area contributed by atoms with Gasteiger partial charge in [0.25, 0.3) is 5.91 Å². The number of quaternary nitrogens is 1. The van der Waals surface area contributed by atoms with Crippen molar-refractivity contribution in [1.29, 1.82) is 0 Å². The summed E-state index contributed by atoms with van der Waals surface area (Å²) in [5.74, 6) is -9.74. The number of carboxylic acids is 2. The molecule has 103 heavy (non-hydrogen) atoms. The van der Waals surface area contributed by atoms with E-state index in [9.17, 15) is 78.3 Å². The summed E-state index contributed by atoms with van der Waals surface area (Å²) < 4.78 is 7.19. The summed E-state index contributed by atoms with van der Waals surface area (Å²) in [5, 5.41) is 75.7. The van der Waals surface area contributed by atoms with E-state index in [0.717, 1.165) is 4.47 Å². The fourth-order valence-corrected chi connectivity index (χ4v) is 11.7. The Morgan fingerprint density at radius 1 is 0.573 bits per heavy atom. The number of aliphatic carboxylic acids is 1. The number of anilines is 1. The standard InChI is InChI=1S/C73H84BrN11O17S/c1-5-53(78-69(97)57(35-41-13-7-6-8-14-41)82-65(93)43-19-21-44(74)22-20-43)66(94)83-58(36-42-17-24-46(87)25-18-42)70(98)80-55(16-10-12-34-85(2,3)4)67(95)84-59(40-86)71(99)81-56(31-32-62(90)91)68(96)79-54(64(75)92)15-9-11-33-76-73(103)77-45-23-28-49(52(37-45)72(100)101)63-50-29-26-47(88)38-60(50)102-61-39-48(89)27-30-51(61)63/h6-8,13-14,17-30,37-39,53-59,86H,5,9-12,15-16,31-36,40H2,1-4H3,(H14-,75,76,77,78,79,80,81,82,83,84,87,88,89,90,91,92,93,94,95,96,97,98,99,100,101,103)/p+1/t53-,54-,55-,56-,57-,58-,59-/m0/s1. The van der Waals surface area contributed by atoms with Crippen molar-refractivity contribution in [2.75, 3.05) is 46.2 Å². The number of carbonyl (C=O) groups excluding carboxylic acids is 8. The summed E-state index contributed by atoms with van der Waals surface area (Å²) in [7, 11) is 5.87. The highest BCUT2D eigenvalue weighted by molar-refractivity contribution is 9.10. The van der Waals surface area contributed by atoms with Gasteiger partial charge < -0.3 is 88.0 Å². The molecule has 0 radical (unpaired) electrons. The molecule has 8 amide bonds. The molecule has 1 aliphatic carbocycles. The SMILES string of the molecule is CC[C@H](NC(=O)[C@H](Cc1ccccc1)NC(=O)c1ccc(Br)cc1)C(=O)N[C@@H](Cc1ccc(O)cc1)C(=O)N[C@@H](CCCC[N+](C)(C)C)C(=O)N[C@@H](CO)C(=O)N[C@@H](CCC(=O)O)C(=O)N[C@@H](CCCCNC(=S)Nc1ccc(-c2c3ccc(=O)cc-3oc3cc(O)ccc23)c(C(=O)O)c1)C(N)=O. The number of primary amides is 1. The lowest BCUT2D eigenvalue weighted by atomic mass is 9.90. The van der Waals surface area contributed by atoms with Gasteiger partial charge in [-0.15, -0.1) is 0 Å². The number of phenols is 2. The highest BCUT2D eigenvalue weighted by Crippen LogP contribution is 2.42. The number of thiocarbonyl (C=S) groups is 1. The molecule has 28 nitrogen and oxygen atoms in total. The number of nitrogens with zero attached hydrogens (tertiary/aromatic N) is 1. The number of benzene rings is 6. The van der Waals surface area contributed by atoms with Crippen molar-refractivity contribution in [2.24, 2.45) is 5.73 Å². The lowest BCUT2D eigenvalue weighted by Crippen LogP contribution is -2.60. The van der Waals surface area contributed by atoms with Gasteiger partial charge in [0.2, 0.25) is 41.4 Å². The van der Waals surface area contributed by atoms with Gasteiger partial charge in [-0.05, 0) is 153 Å². The molecule has 0 bridgehead atoms. The van der Waals surface area contributed by atoms with E-state index in [-0.39, 0.29) is 95.1 Å². The fourth-order valence-electron chi connectivity index (χ4n) is 11.2. The molecule has 7 rings (SSSR count). The largest absolute Gasteiger partial charge is 0.508 e. The average molecular weight is 1500 g/mol. The highest BCUT2D eigenvalue weighted by atomic mass is 79.9. The van der Waals surface area contributed by atoms with E-state index < -0.39 is 121 Å². The molecule has 16 N–H and O–H groups in total. The Morgan fingerprint density at radius 3 is 1.74 bits per heavy atom. The molecular formula is C73H85BrN11O17S+. The molecule has 0 saturated carbocycles. The number of unbranched alkanes of at least 4 members (excludes halogenated alkanes) is 2. The van der Waals surface area contributed by atoms with Gasteiger partial charge in [-0.1, -0.05) is 71.4 Å². The smallest absolute Gasteiger partial charge is 0.336 e. The van der Waals surface area contributed by atoms with Crippen LogP contribution in [0.25, 0.3) is 33.4 Å². The van der Waals surface area contributed by atoms with E-state index in [2.05, 4.69) is 63.8 Å². The molecule has 5 aromatic carbocycles. The van der Waals surface area contributed by atoms with Gasteiger partial charge >= 0.3 is 11.9 Å². The molecule has 546 valence electrons. The number of carbonyl (C=O) groups is 10. The summed E-state index contributed by atoms with van der Waals surface area (Å²) in [6.07, 6.45) is 0.0343. The van der Waals surface area contributed by atoms with E-state index in [1.165, 1.54) is 60.7 Å². The maximum Gasteiger partial charge on any atom is 0.336 e. The molecule has 1 aliphatic heterocycles. The lowest BCUT2D eigenvalue weighted by Gasteiger charge is -2.28. The Hall–Kier alpha value is -10.8. The van der Waals surface area contributed by atoms with Crippen LogP contribution in [-0.4, -0.2) is 177 Å². The number of halogens is 1. The van der Waals surface area contributed by atoms with Gasteiger partial charge in [0.15, 0.2) is 10.5 Å². The molecule has 2 aliphatic rings.